The third-order valence-corrected chi connectivity index (χ3v) is 4.86. The molecule has 0 aliphatic heterocycles. The maximum atomic E-state index is 12.1. The molecule has 0 amide bonds. The first-order chi connectivity index (χ1) is 15.0. The van der Waals surface area contributed by atoms with E-state index in [9.17, 15) is 9.90 Å². The SMILES string of the molecule is CCOC(=O)c1cccc(Nc2c(-c3ccc(O)c(OC)c3)nc3ccc(C)cn23)c1. The lowest BCUT2D eigenvalue weighted by atomic mass is 10.1. The molecule has 0 unspecified atom stereocenters. The van der Waals surface area contributed by atoms with Crippen molar-refractivity contribution in [1.82, 2.24) is 9.38 Å². The van der Waals surface area contributed by atoms with Gasteiger partial charge in [0.1, 0.15) is 17.2 Å². The van der Waals surface area contributed by atoms with E-state index < -0.39 is 0 Å². The summed E-state index contributed by atoms with van der Waals surface area (Å²) in [4.78, 5) is 16.9. The van der Waals surface area contributed by atoms with E-state index in [1.54, 1.807) is 43.3 Å². The van der Waals surface area contributed by atoms with E-state index in [2.05, 4.69) is 5.32 Å². The molecule has 7 heteroatoms. The van der Waals surface area contributed by atoms with Crippen LogP contribution in [0.2, 0.25) is 0 Å². The summed E-state index contributed by atoms with van der Waals surface area (Å²) in [6.45, 7) is 4.10. The molecule has 0 fully saturated rings. The van der Waals surface area contributed by atoms with Crippen LogP contribution in [0.5, 0.6) is 11.5 Å². The topological polar surface area (TPSA) is 85.1 Å². The molecule has 0 saturated heterocycles. The fourth-order valence-electron chi connectivity index (χ4n) is 3.37. The van der Waals surface area contributed by atoms with E-state index in [1.165, 1.54) is 7.11 Å². The van der Waals surface area contributed by atoms with Gasteiger partial charge in [0.05, 0.1) is 19.3 Å². The van der Waals surface area contributed by atoms with Crippen molar-refractivity contribution in [2.24, 2.45) is 0 Å². The summed E-state index contributed by atoms with van der Waals surface area (Å²) >= 11 is 0. The smallest absolute Gasteiger partial charge is 0.338 e. The number of esters is 1. The van der Waals surface area contributed by atoms with Crippen molar-refractivity contribution in [2.75, 3.05) is 19.0 Å². The quantitative estimate of drug-likeness (QED) is 0.432. The number of pyridine rings is 1. The third kappa shape index (κ3) is 4.02. The molecule has 31 heavy (non-hydrogen) atoms. The number of aromatic hydroxyl groups is 1. The molecular weight excluding hydrogens is 394 g/mol. The molecule has 0 bridgehead atoms. The van der Waals surface area contributed by atoms with Gasteiger partial charge in [0, 0.05) is 17.4 Å². The normalized spacial score (nSPS) is 10.8. The second-order valence-corrected chi connectivity index (χ2v) is 7.06. The molecule has 7 nitrogen and oxygen atoms in total. The van der Waals surface area contributed by atoms with Gasteiger partial charge in [-0.3, -0.25) is 4.40 Å². The average molecular weight is 417 g/mol. The number of benzene rings is 2. The summed E-state index contributed by atoms with van der Waals surface area (Å²) < 4.78 is 12.3. The van der Waals surface area contributed by atoms with E-state index in [1.807, 2.05) is 35.7 Å². The predicted octanol–water partition coefficient (Wildman–Crippen LogP) is 4.94. The molecule has 0 atom stereocenters. The number of phenols is 1. The van der Waals surface area contributed by atoms with E-state index in [0.717, 1.165) is 28.3 Å². The highest BCUT2D eigenvalue weighted by Gasteiger charge is 2.17. The maximum absolute atomic E-state index is 12.1. The number of nitrogens with zero attached hydrogens (tertiary/aromatic N) is 2. The van der Waals surface area contributed by atoms with Crippen LogP contribution in [0.4, 0.5) is 11.5 Å². The highest BCUT2D eigenvalue weighted by atomic mass is 16.5. The fourth-order valence-corrected chi connectivity index (χ4v) is 3.37. The zero-order valence-electron chi connectivity index (χ0n) is 17.5. The van der Waals surface area contributed by atoms with Gasteiger partial charge >= 0.3 is 5.97 Å². The molecule has 2 N–H and O–H groups in total. The van der Waals surface area contributed by atoms with Crippen LogP contribution in [0.3, 0.4) is 0 Å². The zero-order chi connectivity index (χ0) is 22.0. The predicted molar refractivity (Wildman–Crippen MR) is 119 cm³/mol. The Labute approximate surface area is 179 Å². The van der Waals surface area contributed by atoms with Crippen molar-refractivity contribution in [1.29, 1.82) is 0 Å². The van der Waals surface area contributed by atoms with Crippen molar-refractivity contribution in [3.8, 4) is 22.8 Å². The lowest BCUT2D eigenvalue weighted by Gasteiger charge is -2.11. The van der Waals surface area contributed by atoms with Gasteiger partial charge in [0.2, 0.25) is 0 Å². The Morgan fingerprint density at radius 3 is 2.77 bits per heavy atom. The Morgan fingerprint density at radius 1 is 1.16 bits per heavy atom. The molecule has 0 aliphatic carbocycles. The number of anilines is 2. The molecule has 4 rings (SSSR count). The van der Waals surface area contributed by atoms with Crippen LogP contribution in [-0.4, -0.2) is 34.2 Å². The number of carbonyl (C=O) groups is 1. The zero-order valence-corrected chi connectivity index (χ0v) is 17.5. The van der Waals surface area contributed by atoms with Crippen molar-refractivity contribution < 1.29 is 19.4 Å². The standard InChI is InChI=1S/C24H23N3O4/c1-4-31-24(29)17-6-5-7-18(12-17)25-23-22(16-9-10-19(28)20(13-16)30-3)26-21-11-8-15(2)14-27(21)23/h5-14,25,28H,4H2,1-3H3. The summed E-state index contributed by atoms with van der Waals surface area (Å²) in [5.74, 6) is 0.777. The molecule has 0 aliphatic rings. The summed E-state index contributed by atoms with van der Waals surface area (Å²) in [6, 6.07) is 16.2. The summed E-state index contributed by atoms with van der Waals surface area (Å²) in [6.07, 6.45) is 1.99. The lowest BCUT2D eigenvalue weighted by Crippen LogP contribution is -2.05. The van der Waals surface area contributed by atoms with Gasteiger partial charge in [-0.05, 0) is 61.9 Å². The monoisotopic (exact) mass is 417 g/mol. The second-order valence-electron chi connectivity index (χ2n) is 7.06. The number of ether oxygens (including phenoxy) is 2. The molecule has 2 heterocycles. The van der Waals surface area contributed by atoms with Gasteiger partial charge in [0.15, 0.2) is 11.5 Å². The third-order valence-electron chi connectivity index (χ3n) is 4.86. The van der Waals surface area contributed by atoms with Crippen molar-refractivity contribution >= 4 is 23.1 Å². The van der Waals surface area contributed by atoms with Crippen molar-refractivity contribution in [3.05, 3.63) is 71.9 Å². The van der Waals surface area contributed by atoms with Crippen molar-refractivity contribution in [3.63, 3.8) is 0 Å². The molecule has 0 spiro atoms. The summed E-state index contributed by atoms with van der Waals surface area (Å²) in [5, 5.41) is 13.4. The highest BCUT2D eigenvalue weighted by molar-refractivity contribution is 5.91. The number of carbonyl (C=O) groups excluding carboxylic acids is 1. The number of fused-ring (bicyclic) bond motifs is 1. The first-order valence-electron chi connectivity index (χ1n) is 9.90. The molecule has 2 aromatic heterocycles. The Bertz CT molecular complexity index is 1260. The minimum atomic E-state index is -0.372. The van der Waals surface area contributed by atoms with Gasteiger partial charge < -0.3 is 19.9 Å². The van der Waals surface area contributed by atoms with Gasteiger partial charge in [-0.15, -0.1) is 0 Å². The number of imidazole rings is 1. The highest BCUT2D eigenvalue weighted by Crippen LogP contribution is 2.36. The van der Waals surface area contributed by atoms with Gasteiger partial charge in [-0.1, -0.05) is 12.1 Å². The first kappa shape index (κ1) is 20.3. The Kier molecular flexibility index (Phi) is 5.49. The van der Waals surface area contributed by atoms with Crippen LogP contribution in [0, 0.1) is 6.92 Å². The van der Waals surface area contributed by atoms with Crippen LogP contribution >= 0.6 is 0 Å². The number of hydrogen-bond acceptors (Lipinski definition) is 6. The van der Waals surface area contributed by atoms with E-state index >= 15 is 0 Å². The Hall–Kier alpha value is -4.00. The summed E-state index contributed by atoms with van der Waals surface area (Å²) in [7, 11) is 1.51. The van der Waals surface area contributed by atoms with E-state index in [4.69, 9.17) is 14.5 Å². The average Bonchev–Trinajstić information content (AvgIpc) is 3.12. The second kappa shape index (κ2) is 8.39. The summed E-state index contributed by atoms with van der Waals surface area (Å²) in [5.41, 5.74) is 4.48. The molecule has 0 saturated carbocycles. The first-order valence-corrected chi connectivity index (χ1v) is 9.90. The minimum Gasteiger partial charge on any atom is -0.504 e. The number of nitrogens with one attached hydrogen (secondary N) is 1. The van der Waals surface area contributed by atoms with Crippen LogP contribution in [0.15, 0.2) is 60.8 Å². The largest absolute Gasteiger partial charge is 0.504 e. The number of aromatic nitrogens is 2. The maximum Gasteiger partial charge on any atom is 0.338 e. The number of phenolic OH excluding ortho intramolecular Hbond substituents is 1. The van der Waals surface area contributed by atoms with E-state index in [-0.39, 0.29) is 11.7 Å². The Balaban J connectivity index is 1.83. The van der Waals surface area contributed by atoms with Crippen molar-refractivity contribution in [2.45, 2.75) is 13.8 Å². The number of methoxy groups -OCH3 is 1. The van der Waals surface area contributed by atoms with Gasteiger partial charge in [0.25, 0.3) is 0 Å². The Morgan fingerprint density at radius 2 is 2.00 bits per heavy atom. The van der Waals surface area contributed by atoms with Crippen LogP contribution in [0.25, 0.3) is 16.9 Å². The lowest BCUT2D eigenvalue weighted by molar-refractivity contribution is 0.0526. The molecule has 0 radical (unpaired) electrons. The van der Waals surface area contributed by atoms with E-state index in [0.29, 0.717) is 23.6 Å². The number of rotatable bonds is 6. The fraction of sp³-hybridized carbons (Fsp3) is 0.167. The van der Waals surface area contributed by atoms with Crippen LogP contribution in [0.1, 0.15) is 22.8 Å². The number of aryl methyl sites for hydroxylation is 1. The van der Waals surface area contributed by atoms with Crippen LogP contribution in [-0.2, 0) is 4.74 Å². The van der Waals surface area contributed by atoms with Gasteiger partial charge in [-0.25, -0.2) is 9.78 Å². The number of hydrogen-bond donors (Lipinski definition) is 2. The molecular formula is C24H23N3O4. The van der Waals surface area contributed by atoms with Gasteiger partial charge in [-0.2, -0.15) is 0 Å². The van der Waals surface area contributed by atoms with Crippen LogP contribution < -0.4 is 10.1 Å². The molecule has 158 valence electrons. The molecule has 4 aromatic rings. The molecule has 2 aromatic carbocycles. The minimum absolute atomic E-state index is 0.0579.